The molecule has 0 bridgehead atoms. The highest BCUT2D eigenvalue weighted by Gasteiger charge is 2.19. The van der Waals surface area contributed by atoms with Crippen LogP contribution in [0.3, 0.4) is 0 Å². The molecule has 3 nitrogen and oxygen atoms in total. The lowest BCUT2D eigenvalue weighted by atomic mass is 9.93. The standard InChI is InChI=1S/C16H26N2OS/c1-12(14-7-5-3-4-6-8-14)17-11-16-15(9-10-20-16)18-13(2)19/h9-10,12,14,17H,3-8,11H2,1-2H3,(H,18,19)/t12-/m1/s1. The molecule has 0 spiro atoms. The van der Waals surface area contributed by atoms with E-state index in [4.69, 9.17) is 0 Å². The van der Waals surface area contributed by atoms with Gasteiger partial charge in [0.15, 0.2) is 0 Å². The predicted molar refractivity (Wildman–Crippen MR) is 86.1 cm³/mol. The molecule has 1 atom stereocenters. The lowest BCUT2D eigenvalue weighted by molar-refractivity contribution is -0.114. The maximum absolute atomic E-state index is 11.2. The van der Waals surface area contributed by atoms with E-state index >= 15 is 0 Å². The molecule has 1 aliphatic carbocycles. The van der Waals surface area contributed by atoms with Crippen LogP contribution in [0.4, 0.5) is 5.69 Å². The Balaban J connectivity index is 1.84. The summed E-state index contributed by atoms with van der Waals surface area (Å²) in [6, 6.07) is 2.54. The summed E-state index contributed by atoms with van der Waals surface area (Å²) in [6.45, 7) is 4.72. The first-order valence-electron chi connectivity index (χ1n) is 7.74. The molecule has 1 saturated carbocycles. The molecule has 2 rings (SSSR count). The highest BCUT2D eigenvalue weighted by molar-refractivity contribution is 7.10. The van der Waals surface area contributed by atoms with Crippen LogP contribution < -0.4 is 10.6 Å². The third-order valence-corrected chi connectivity index (χ3v) is 5.17. The van der Waals surface area contributed by atoms with Gasteiger partial charge in [0.25, 0.3) is 0 Å². The van der Waals surface area contributed by atoms with Crippen LogP contribution in [0.2, 0.25) is 0 Å². The van der Waals surface area contributed by atoms with Crippen molar-refractivity contribution in [3.05, 3.63) is 16.3 Å². The van der Waals surface area contributed by atoms with E-state index in [1.165, 1.54) is 43.4 Å². The van der Waals surface area contributed by atoms with Crippen molar-refractivity contribution >= 4 is 22.9 Å². The van der Waals surface area contributed by atoms with Crippen LogP contribution in [0, 0.1) is 5.92 Å². The van der Waals surface area contributed by atoms with Crippen LogP contribution in [-0.2, 0) is 11.3 Å². The largest absolute Gasteiger partial charge is 0.325 e. The van der Waals surface area contributed by atoms with Gasteiger partial charge in [-0.2, -0.15) is 0 Å². The van der Waals surface area contributed by atoms with Crippen LogP contribution in [0.15, 0.2) is 11.4 Å². The monoisotopic (exact) mass is 294 g/mol. The molecule has 1 fully saturated rings. The number of carbonyl (C=O) groups excluding carboxylic acids is 1. The van der Waals surface area contributed by atoms with E-state index in [1.807, 2.05) is 11.4 Å². The summed E-state index contributed by atoms with van der Waals surface area (Å²) in [5, 5.41) is 8.59. The molecule has 2 N–H and O–H groups in total. The lowest BCUT2D eigenvalue weighted by Gasteiger charge is -2.23. The fraction of sp³-hybridized carbons (Fsp3) is 0.688. The molecule has 1 amide bonds. The first kappa shape index (κ1) is 15.5. The van der Waals surface area contributed by atoms with Gasteiger partial charge in [0.05, 0.1) is 5.69 Å². The van der Waals surface area contributed by atoms with E-state index in [0.29, 0.717) is 6.04 Å². The molecule has 1 aliphatic rings. The van der Waals surface area contributed by atoms with Gasteiger partial charge in [0.2, 0.25) is 5.91 Å². The minimum atomic E-state index is 0.00136. The molecular weight excluding hydrogens is 268 g/mol. The Hall–Kier alpha value is -0.870. The van der Waals surface area contributed by atoms with Crippen molar-refractivity contribution in [3.63, 3.8) is 0 Å². The van der Waals surface area contributed by atoms with Crippen LogP contribution in [0.5, 0.6) is 0 Å². The third kappa shape index (κ3) is 4.60. The number of carbonyl (C=O) groups is 1. The number of anilines is 1. The minimum absolute atomic E-state index is 0.00136. The summed E-state index contributed by atoms with van der Waals surface area (Å²) in [5.41, 5.74) is 0.961. The number of hydrogen-bond donors (Lipinski definition) is 2. The van der Waals surface area contributed by atoms with Crippen LogP contribution >= 0.6 is 11.3 Å². The van der Waals surface area contributed by atoms with Crippen molar-refractivity contribution in [3.8, 4) is 0 Å². The zero-order chi connectivity index (χ0) is 14.4. The van der Waals surface area contributed by atoms with E-state index in [-0.39, 0.29) is 5.91 Å². The van der Waals surface area contributed by atoms with Gasteiger partial charge in [-0.3, -0.25) is 4.79 Å². The van der Waals surface area contributed by atoms with Crippen molar-refractivity contribution in [2.75, 3.05) is 5.32 Å². The first-order chi connectivity index (χ1) is 9.66. The van der Waals surface area contributed by atoms with Gasteiger partial charge in [-0.1, -0.05) is 25.7 Å². The Morgan fingerprint density at radius 3 is 2.70 bits per heavy atom. The summed E-state index contributed by atoms with van der Waals surface area (Å²) < 4.78 is 0. The number of hydrogen-bond acceptors (Lipinski definition) is 3. The Morgan fingerprint density at radius 2 is 2.05 bits per heavy atom. The number of rotatable bonds is 5. The average Bonchev–Trinajstić information content (AvgIpc) is 2.67. The van der Waals surface area contributed by atoms with Crippen LogP contribution in [0.1, 0.15) is 57.2 Å². The molecule has 1 aromatic heterocycles. The number of thiophene rings is 1. The molecule has 1 aromatic rings. The highest BCUT2D eigenvalue weighted by atomic mass is 32.1. The molecule has 0 saturated heterocycles. The van der Waals surface area contributed by atoms with E-state index in [0.717, 1.165) is 18.2 Å². The second-order valence-electron chi connectivity index (χ2n) is 5.86. The van der Waals surface area contributed by atoms with E-state index < -0.39 is 0 Å². The predicted octanol–water partition coefficient (Wildman–Crippen LogP) is 4.16. The SMILES string of the molecule is CC(=O)Nc1ccsc1CN[C@H](C)C1CCCCCC1. The quantitative estimate of drug-likeness (QED) is 0.801. The van der Waals surface area contributed by atoms with Gasteiger partial charge >= 0.3 is 0 Å². The number of nitrogens with one attached hydrogen (secondary N) is 2. The Morgan fingerprint density at radius 1 is 1.35 bits per heavy atom. The van der Waals surface area contributed by atoms with Gasteiger partial charge in [0, 0.05) is 24.4 Å². The van der Waals surface area contributed by atoms with E-state index in [2.05, 4.69) is 17.6 Å². The third-order valence-electron chi connectivity index (χ3n) is 4.25. The van der Waals surface area contributed by atoms with Gasteiger partial charge in [-0.05, 0) is 37.1 Å². The second kappa shape index (κ2) is 7.79. The van der Waals surface area contributed by atoms with Crippen molar-refractivity contribution in [1.29, 1.82) is 0 Å². The molecule has 0 unspecified atom stereocenters. The molecule has 0 aromatic carbocycles. The van der Waals surface area contributed by atoms with Crippen LogP contribution in [-0.4, -0.2) is 11.9 Å². The van der Waals surface area contributed by atoms with E-state index in [1.54, 1.807) is 18.3 Å². The highest BCUT2D eigenvalue weighted by Crippen LogP contribution is 2.27. The topological polar surface area (TPSA) is 41.1 Å². The summed E-state index contributed by atoms with van der Waals surface area (Å²) >= 11 is 1.71. The molecule has 112 valence electrons. The zero-order valence-electron chi connectivity index (χ0n) is 12.6. The fourth-order valence-corrected chi connectivity index (χ4v) is 3.79. The fourth-order valence-electron chi connectivity index (χ4n) is 3.01. The smallest absolute Gasteiger partial charge is 0.221 e. The maximum atomic E-state index is 11.2. The molecule has 0 aliphatic heterocycles. The van der Waals surface area contributed by atoms with Gasteiger partial charge in [0.1, 0.15) is 0 Å². The van der Waals surface area contributed by atoms with E-state index in [9.17, 15) is 4.79 Å². The molecule has 0 radical (unpaired) electrons. The molecular formula is C16H26N2OS. The average molecular weight is 294 g/mol. The maximum Gasteiger partial charge on any atom is 0.221 e. The summed E-state index contributed by atoms with van der Waals surface area (Å²) in [5.74, 6) is 0.808. The Bertz CT molecular complexity index is 422. The Kier molecular flexibility index (Phi) is 6.05. The minimum Gasteiger partial charge on any atom is -0.325 e. The van der Waals surface area contributed by atoms with Crippen LogP contribution in [0.25, 0.3) is 0 Å². The second-order valence-corrected chi connectivity index (χ2v) is 6.86. The Labute approximate surface area is 126 Å². The molecule has 20 heavy (non-hydrogen) atoms. The summed E-state index contributed by atoms with van der Waals surface area (Å²) in [7, 11) is 0. The van der Waals surface area contributed by atoms with Gasteiger partial charge < -0.3 is 10.6 Å². The molecule has 4 heteroatoms. The number of amides is 1. The van der Waals surface area contributed by atoms with Crippen molar-refractivity contribution in [2.45, 2.75) is 65.0 Å². The first-order valence-corrected chi connectivity index (χ1v) is 8.62. The summed E-state index contributed by atoms with van der Waals surface area (Å²) in [4.78, 5) is 12.4. The molecule has 1 heterocycles. The summed E-state index contributed by atoms with van der Waals surface area (Å²) in [6.07, 6.45) is 8.29. The normalized spacial score (nSPS) is 18.5. The van der Waals surface area contributed by atoms with Gasteiger partial charge in [-0.15, -0.1) is 11.3 Å². The lowest BCUT2D eigenvalue weighted by Crippen LogP contribution is -2.32. The zero-order valence-corrected chi connectivity index (χ0v) is 13.4. The van der Waals surface area contributed by atoms with Crippen molar-refractivity contribution in [2.24, 2.45) is 5.92 Å². The van der Waals surface area contributed by atoms with Gasteiger partial charge in [-0.25, -0.2) is 0 Å². The van der Waals surface area contributed by atoms with Crippen molar-refractivity contribution in [1.82, 2.24) is 5.32 Å². The van der Waals surface area contributed by atoms with Crippen molar-refractivity contribution < 1.29 is 4.79 Å².